The molecular formula is C17H27N3O. The maximum absolute atomic E-state index is 12.8. The lowest BCUT2D eigenvalue weighted by Crippen LogP contribution is -2.34. The van der Waals surface area contributed by atoms with Gasteiger partial charge in [-0.15, -0.1) is 0 Å². The Hall–Kier alpha value is -1.58. The lowest BCUT2D eigenvalue weighted by molar-refractivity contribution is 0.0743. The molecule has 1 aliphatic carbocycles. The molecule has 1 aromatic heterocycles. The molecule has 116 valence electrons. The molecule has 4 heteroatoms. The minimum atomic E-state index is 0.163. The second kappa shape index (κ2) is 7.43. The van der Waals surface area contributed by atoms with Gasteiger partial charge in [-0.2, -0.15) is 0 Å². The second-order valence-corrected chi connectivity index (χ2v) is 5.74. The van der Waals surface area contributed by atoms with Crippen molar-refractivity contribution < 1.29 is 4.79 Å². The van der Waals surface area contributed by atoms with Gasteiger partial charge in [-0.1, -0.05) is 20.8 Å². The highest BCUT2D eigenvalue weighted by molar-refractivity contribution is 5.95. The van der Waals surface area contributed by atoms with Gasteiger partial charge in [0.05, 0.1) is 0 Å². The van der Waals surface area contributed by atoms with Crippen LogP contribution in [0.3, 0.4) is 0 Å². The molecule has 21 heavy (non-hydrogen) atoms. The van der Waals surface area contributed by atoms with E-state index in [0.717, 1.165) is 62.3 Å². The van der Waals surface area contributed by atoms with Crippen LogP contribution in [0.4, 0.5) is 5.82 Å². The highest BCUT2D eigenvalue weighted by Gasteiger charge is 2.32. The number of rotatable bonds is 8. The van der Waals surface area contributed by atoms with E-state index < -0.39 is 0 Å². The number of nitrogens with one attached hydrogen (secondary N) is 1. The Morgan fingerprint density at radius 3 is 2.62 bits per heavy atom. The van der Waals surface area contributed by atoms with Gasteiger partial charge in [-0.25, -0.2) is 4.98 Å². The molecule has 1 aliphatic rings. The van der Waals surface area contributed by atoms with Gasteiger partial charge in [0.15, 0.2) is 0 Å². The molecule has 0 aliphatic heterocycles. The Bertz CT molecular complexity index is 483. The van der Waals surface area contributed by atoms with Crippen LogP contribution in [0.2, 0.25) is 0 Å². The van der Waals surface area contributed by atoms with Crippen LogP contribution in [0.15, 0.2) is 12.1 Å². The minimum Gasteiger partial charge on any atom is -0.370 e. The van der Waals surface area contributed by atoms with Gasteiger partial charge < -0.3 is 10.2 Å². The van der Waals surface area contributed by atoms with E-state index in [1.165, 1.54) is 0 Å². The van der Waals surface area contributed by atoms with Gasteiger partial charge in [0.25, 0.3) is 5.91 Å². The van der Waals surface area contributed by atoms with E-state index in [9.17, 15) is 4.79 Å². The van der Waals surface area contributed by atoms with Gasteiger partial charge in [-0.05, 0) is 44.2 Å². The van der Waals surface area contributed by atoms with E-state index in [1.807, 2.05) is 17.0 Å². The number of aromatic nitrogens is 1. The maximum Gasteiger partial charge on any atom is 0.254 e. The molecule has 0 saturated heterocycles. The Morgan fingerprint density at radius 2 is 2.05 bits per heavy atom. The Morgan fingerprint density at radius 1 is 1.29 bits per heavy atom. The Kier molecular flexibility index (Phi) is 5.59. The van der Waals surface area contributed by atoms with Crippen LogP contribution >= 0.6 is 0 Å². The second-order valence-electron chi connectivity index (χ2n) is 5.74. The quantitative estimate of drug-likeness (QED) is 0.797. The average molecular weight is 289 g/mol. The topological polar surface area (TPSA) is 45.2 Å². The summed E-state index contributed by atoms with van der Waals surface area (Å²) in [6.45, 7) is 8.06. The largest absolute Gasteiger partial charge is 0.370 e. The van der Waals surface area contributed by atoms with Crippen molar-refractivity contribution in [2.24, 2.45) is 0 Å². The average Bonchev–Trinajstić information content (AvgIpc) is 3.34. The number of hydrogen-bond donors (Lipinski definition) is 1. The summed E-state index contributed by atoms with van der Waals surface area (Å²) >= 11 is 0. The summed E-state index contributed by atoms with van der Waals surface area (Å²) in [7, 11) is 0. The number of hydrogen-bond acceptors (Lipinski definition) is 3. The molecule has 0 unspecified atom stereocenters. The van der Waals surface area contributed by atoms with Crippen LogP contribution in [-0.4, -0.2) is 34.9 Å². The van der Waals surface area contributed by atoms with Crippen molar-refractivity contribution in [1.29, 1.82) is 0 Å². The molecule has 2 rings (SSSR count). The molecule has 0 spiro atoms. The highest BCUT2D eigenvalue weighted by Crippen LogP contribution is 2.28. The number of anilines is 1. The fourth-order valence-corrected chi connectivity index (χ4v) is 2.48. The zero-order valence-electron chi connectivity index (χ0n) is 13.5. The van der Waals surface area contributed by atoms with Crippen molar-refractivity contribution in [1.82, 2.24) is 9.88 Å². The summed E-state index contributed by atoms with van der Waals surface area (Å²) in [6, 6.07) is 4.31. The first-order valence-corrected chi connectivity index (χ1v) is 8.25. The maximum atomic E-state index is 12.8. The third-order valence-corrected chi connectivity index (χ3v) is 3.76. The van der Waals surface area contributed by atoms with Crippen molar-refractivity contribution >= 4 is 11.7 Å². The van der Waals surface area contributed by atoms with E-state index in [0.29, 0.717) is 6.04 Å². The molecule has 1 saturated carbocycles. The first-order valence-electron chi connectivity index (χ1n) is 8.25. The van der Waals surface area contributed by atoms with E-state index in [-0.39, 0.29) is 5.91 Å². The third kappa shape index (κ3) is 4.19. The van der Waals surface area contributed by atoms with Crippen molar-refractivity contribution in [2.45, 2.75) is 58.9 Å². The van der Waals surface area contributed by atoms with Crippen LogP contribution in [0, 0.1) is 0 Å². The van der Waals surface area contributed by atoms with Crippen molar-refractivity contribution in [3.8, 4) is 0 Å². The zero-order chi connectivity index (χ0) is 15.2. The molecule has 1 amide bonds. The van der Waals surface area contributed by atoms with Gasteiger partial charge in [0.1, 0.15) is 5.82 Å². The fourth-order valence-electron chi connectivity index (χ4n) is 2.48. The predicted molar refractivity (Wildman–Crippen MR) is 86.7 cm³/mol. The van der Waals surface area contributed by atoms with E-state index >= 15 is 0 Å². The van der Waals surface area contributed by atoms with Crippen LogP contribution < -0.4 is 5.32 Å². The van der Waals surface area contributed by atoms with Crippen LogP contribution in [0.1, 0.15) is 62.5 Å². The number of carbonyl (C=O) groups is 1. The number of pyridine rings is 1. The molecule has 1 heterocycles. The number of nitrogens with zero attached hydrogens (tertiary/aromatic N) is 2. The summed E-state index contributed by atoms with van der Waals surface area (Å²) in [5.41, 5.74) is 1.76. The predicted octanol–water partition coefficient (Wildman–Crippen LogP) is 3.48. The molecule has 1 aromatic rings. The van der Waals surface area contributed by atoms with Crippen molar-refractivity contribution in [3.63, 3.8) is 0 Å². The SMILES string of the molecule is CCCNc1cc(C(=O)N(CCC)C2CC2)cc(CC)n1. The Balaban J connectivity index is 2.21. The molecule has 4 nitrogen and oxygen atoms in total. The summed E-state index contributed by atoms with van der Waals surface area (Å²) in [5, 5.41) is 3.30. The van der Waals surface area contributed by atoms with E-state index in [1.54, 1.807) is 0 Å². The number of amides is 1. The molecule has 0 aromatic carbocycles. The molecule has 1 fully saturated rings. The number of carbonyl (C=O) groups excluding carboxylic acids is 1. The summed E-state index contributed by atoms with van der Waals surface area (Å²) in [5.74, 6) is 0.989. The summed E-state index contributed by atoms with van der Waals surface area (Å²) in [6.07, 6.45) is 5.20. The van der Waals surface area contributed by atoms with Gasteiger partial charge in [0.2, 0.25) is 0 Å². The van der Waals surface area contributed by atoms with Crippen molar-refractivity contribution in [2.75, 3.05) is 18.4 Å². The molecule has 0 bridgehead atoms. The zero-order valence-corrected chi connectivity index (χ0v) is 13.5. The lowest BCUT2D eigenvalue weighted by atomic mass is 10.1. The van der Waals surface area contributed by atoms with Crippen molar-refractivity contribution in [3.05, 3.63) is 23.4 Å². The third-order valence-electron chi connectivity index (χ3n) is 3.76. The first-order chi connectivity index (χ1) is 10.2. The van der Waals surface area contributed by atoms with E-state index in [4.69, 9.17) is 0 Å². The minimum absolute atomic E-state index is 0.163. The standard InChI is InChI=1S/C17H27N3O/c1-4-9-18-16-12-13(11-14(6-3)19-16)17(21)20(10-5-2)15-7-8-15/h11-12,15H,4-10H2,1-3H3,(H,18,19). The van der Waals surface area contributed by atoms with Gasteiger partial charge in [0, 0.05) is 30.4 Å². The summed E-state index contributed by atoms with van der Waals surface area (Å²) < 4.78 is 0. The first kappa shape index (κ1) is 15.8. The molecule has 0 atom stereocenters. The molecule has 1 N–H and O–H groups in total. The van der Waals surface area contributed by atoms with Crippen LogP contribution in [0.5, 0.6) is 0 Å². The van der Waals surface area contributed by atoms with Crippen LogP contribution in [-0.2, 0) is 6.42 Å². The number of aryl methyl sites for hydroxylation is 1. The Labute approximate surface area is 127 Å². The van der Waals surface area contributed by atoms with E-state index in [2.05, 4.69) is 31.1 Å². The smallest absolute Gasteiger partial charge is 0.254 e. The fraction of sp³-hybridized carbons (Fsp3) is 0.647. The monoisotopic (exact) mass is 289 g/mol. The molecular weight excluding hydrogens is 262 g/mol. The normalized spacial score (nSPS) is 14.0. The van der Waals surface area contributed by atoms with Gasteiger partial charge in [-0.3, -0.25) is 4.79 Å². The van der Waals surface area contributed by atoms with Crippen LogP contribution in [0.25, 0.3) is 0 Å². The highest BCUT2D eigenvalue weighted by atomic mass is 16.2. The lowest BCUT2D eigenvalue weighted by Gasteiger charge is -2.22. The summed E-state index contributed by atoms with van der Waals surface area (Å²) in [4.78, 5) is 19.4. The molecule has 0 radical (unpaired) electrons. The van der Waals surface area contributed by atoms with Gasteiger partial charge >= 0.3 is 0 Å².